The molecule has 254 valence electrons. The van der Waals surface area contributed by atoms with E-state index in [1.807, 2.05) is 0 Å². The molecule has 5 aliphatic rings. The number of carbonyl (C=O) groups is 5. The number of carboxylic acids is 3. The number of ketones is 2. The van der Waals surface area contributed by atoms with Gasteiger partial charge in [-0.3, -0.25) is 14.5 Å². The molecule has 12 heteroatoms. The van der Waals surface area contributed by atoms with Gasteiger partial charge in [-0.15, -0.1) is 0 Å². The van der Waals surface area contributed by atoms with E-state index in [1.54, 1.807) is 6.92 Å². The fraction of sp³-hybridized carbons (Fsp3) is 0.848. The van der Waals surface area contributed by atoms with Crippen LogP contribution in [0.4, 0.5) is 0 Å². The van der Waals surface area contributed by atoms with Gasteiger partial charge >= 0.3 is 0 Å². The Bertz CT molecular complexity index is 1160. The maximum atomic E-state index is 13.9. The van der Waals surface area contributed by atoms with E-state index in [2.05, 4.69) is 32.6 Å². The summed E-state index contributed by atoms with van der Waals surface area (Å²) >= 11 is 0. The zero-order valence-electron chi connectivity index (χ0n) is 27.0. The maximum Gasteiger partial charge on any atom is 0.137 e. The zero-order valence-corrected chi connectivity index (χ0v) is 27.0. The number of rotatable bonds is 7. The largest absolute Gasteiger partial charge is 0.550 e. The summed E-state index contributed by atoms with van der Waals surface area (Å²) in [5.74, 6) is -3.83. The molecule has 1 saturated heterocycles. The summed E-state index contributed by atoms with van der Waals surface area (Å²) in [4.78, 5) is 58.7. The minimum Gasteiger partial charge on any atom is -0.550 e. The second-order valence-corrected chi connectivity index (χ2v) is 15.1. The molecule has 2 N–H and O–H groups in total. The van der Waals surface area contributed by atoms with Crippen molar-refractivity contribution in [1.29, 1.82) is 0 Å². The van der Waals surface area contributed by atoms with Crippen LogP contribution in [0.15, 0.2) is 0 Å². The van der Waals surface area contributed by atoms with Gasteiger partial charge in [-0.2, -0.15) is 0 Å². The summed E-state index contributed by atoms with van der Waals surface area (Å²) in [7, 11) is 0. The monoisotopic (exact) mass is 634 g/mol. The van der Waals surface area contributed by atoms with Crippen molar-refractivity contribution in [2.45, 2.75) is 122 Å². The SMILES string of the molecule is CC(=O)[C@H]1CC[C@H]2[C@@H]3CC[C@H]4C[C@H](O)[C@@H](N5C[C@@H](C)O[C@@H](C)C5)C[C@]4(C)[C@H]3C(=O)C[C@]12C.O=C([O-])CC(O)(CC(=O)[O-])C(=O)[O-]. The van der Waals surface area contributed by atoms with Crippen LogP contribution in [0.1, 0.15) is 92.4 Å². The molecular weight excluding hydrogens is 586 g/mol. The smallest absolute Gasteiger partial charge is 0.137 e. The summed E-state index contributed by atoms with van der Waals surface area (Å²) in [6, 6.07) is 0.110. The Labute approximate surface area is 264 Å². The molecule has 5 fully saturated rings. The molecule has 4 saturated carbocycles. The van der Waals surface area contributed by atoms with E-state index < -0.39 is 36.4 Å². The van der Waals surface area contributed by atoms with Gasteiger partial charge < -0.3 is 44.7 Å². The van der Waals surface area contributed by atoms with Crippen molar-refractivity contribution in [2.75, 3.05) is 13.1 Å². The van der Waals surface area contributed by atoms with Crippen molar-refractivity contribution in [1.82, 2.24) is 4.90 Å². The normalized spacial score (nSPS) is 41.5. The second kappa shape index (κ2) is 13.0. The van der Waals surface area contributed by atoms with Crippen LogP contribution in [0.3, 0.4) is 0 Å². The molecule has 0 aromatic heterocycles. The third-order valence-corrected chi connectivity index (χ3v) is 12.0. The van der Waals surface area contributed by atoms with Gasteiger partial charge in [-0.25, -0.2) is 0 Å². The molecule has 11 atom stereocenters. The van der Waals surface area contributed by atoms with Crippen LogP contribution in [0.25, 0.3) is 0 Å². The molecule has 0 radical (unpaired) electrons. The molecule has 1 aliphatic heterocycles. The highest BCUT2D eigenvalue weighted by atomic mass is 16.5. The quantitative estimate of drug-likeness (QED) is 0.332. The second-order valence-electron chi connectivity index (χ2n) is 15.1. The number of nitrogens with zero attached hydrogens (tertiary/aromatic N) is 1. The average molecular weight is 635 g/mol. The number of fused-ring (bicyclic) bond motifs is 5. The molecule has 0 aromatic rings. The average Bonchev–Trinajstić information content (AvgIpc) is 3.24. The minimum absolute atomic E-state index is 0.0513. The van der Waals surface area contributed by atoms with E-state index in [9.17, 15) is 44.4 Å². The first-order chi connectivity index (χ1) is 20.8. The van der Waals surface area contributed by atoms with E-state index in [-0.39, 0.29) is 52.8 Å². The molecule has 4 aliphatic carbocycles. The van der Waals surface area contributed by atoms with Gasteiger partial charge in [-0.1, -0.05) is 13.8 Å². The zero-order chi connectivity index (χ0) is 33.6. The Hall–Kier alpha value is -2.41. The van der Waals surface area contributed by atoms with Gasteiger partial charge in [-0.05, 0) is 87.9 Å². The van der Waals surface area contributed by atoms with Crippen LogP contribution in [0.2, 0.25) is 0 Å². The van der Waals surface area contributed by atoms with Crippen molar-refractivity contribution in [2.24, 2.45) is 40.4 Å². The topological polar surface area (TPSA) is 207 Å². The Kier molecular flexibility index (Phi) is 10.2. The number of morpholine rings is 1. The number of hydrogen-bond acceptors (Lipinski definition) is 12. The van der Waals surface area contributed by atoms with Gasteiger partial charge in [0.05, 0.1) is 24.3 Å². The first-order valence-corrected chi connectivity index (χ1v) is 16.3. The predicted octanol–water partition coefficient (Wildman–Crippen LogP) is -1.39. The van der Waals surface area contributed by atoms with Crippen molar-refractivity contribution in [3.8, 4) is 0 Å². The number of aliphatic hydroxyl groups excluding tert-OH is 1. The van der Waals surface area contributed by atoms with Crippen molar-refractivity contribution in [3.63, 3.8) is 0 Å². The fourth-order valence-electron chi connectivity index (χ4n) is 10.3. The van der Waals surface area contributed by atoms with Gasteiger partial charge in [0.1, 0.15) is 17.2 Å². The number of aliphatic carboxylic acids is 3. The highest BCUT2D eigenvalue weighted by molar-refractivity contribution is 5.87. The van der Waals surface area contributed by atoms with Crippen LogP contribution >= 0.6 is 0 Å². The Morgan fingerprint density at radius 1 is 0.956 bits per heavy atom. The number of aliphatic hydroxyl groups is 2. The molecular formula is C33H48NO11-3. The van der Waals surface area contributed by atoms with E-state index in [0.717, 1.165) is 51.6 Å². The summed E-state index contributed by atoms with van der Waals surface area (Å²) in [5, 5.41) is 50.1. The Balaban J connectivity index is 0.000000302. The molecule has 5 rings (SSSR count). The minimum atomic E-state index is -2.97. The van der Waals surface area contributed by atoms with Crippen molar-refractivity contribution < 1.29 is 54.2 Å². The van der Waals surface area contributed by atoms with Crippen LogP contribution < -0.4 is 15.3 Å². The lowest BCUT2D eigenvalue weighted by molar-refractivity contribution is -0.339. The highest BCUT2D eigenvalue weighted by Gasteiger charge is 2.64. The van der Waals surface area contributed by atoms with E-state index in [0.29, 0.717) is 30.0 Å². The predicted molar refractivity (Wildman–Crippen MR) is 152 cm³/mol. The van der Waals surface area contributed by atoms with Crippen LogP contribution in [0.5, 0.6) is 0 Å². The van der Waals surface area contributed by atoms with Crippen molar-refractivity contribution >= 4 is 29.5 Å². The number of hydrogen-bond donors (Lipinski definition) is 2. The van der Waals surface area contributed by atoms with Crippen molar-refractivity contribution in [3.05, 3.63) is 0 Å². The van der Waals surface area contributed by atoms with Gasteiger partial charge in [0.15, 0.2) is 0 Å². The van der Waals surface area contributed by atoms with Gasteiger partial charge in [0.25, 0.3) is 0 Å². The molecule has 12 nitrogen and oxygen atoms in total. The highest BCUT2D eigenvalue weighted by Crippen LogP contribution is 2.66. The molecule has 0 aromatic carbocycles. The molecule has 45 heavy (non-hydrogen) atoms. The Morgan fingerprint density at radius 2 is 1.53 bits per heavy atom. The number of carboxylic acid groups (broad SMARTS) is 3. The fourth-order valence-corrected chi connectivity index (χ4v) is 10.3. The standard InChI is InChI=1S/C27H43NO4.C6H8O7/c1-15-13-28(14-16(2)32-15)22-11-26(4)18(10-23(22)30)6-7-19-21-9-8-20(17(3)29)27(21,5)12-24(31)25(19)26;7-3(8)1-6(13,5(11)12)2-4(9)10/h15-16,18-23,25,30H,6-14H2,1-5H3;13H,1-2H2,(H,7,8)(H,9,10)(H,11,12)/p-3/t15-,16+,18-,19-,20+,21-,22-,23-,25+,26-,27+;/m0./s1. The van der Waals surface area contributed by atoms with E-state index in [4.69, 9.17) is 9.84 Å². The lowest BCUT2D eigenvalue weighted by atomic mass is 9.43. The molecule has 1 heterocycles. The van der Waals surface area contributed by atoms with Crippen LogP contribution in [-0.4, -0.2) is 87.6 Å². The molecule has 0 spiro atoms. The Morgan fingerprint density at radius 3 is 2.04 bits per heavy atom. The third-order valence-electron chi connectivity index (χ3n) is 12.0. The molecule has 0 amide bonds. The first-order valence-electron chi connectivity index (χ1n) is 16.3. The number of carbonyl (C=O) groups excluding carboxylic acids is 5. The maximum absolute atomic E-state index is 13.9. The molecule has 0 unspecified atom stereocenters. The van der Waals surface area contributed by atoms with Crippen LogP contribution in [0, 0.1) is 40.4 Å². The van der Waals surface area contributed by atoms with Gasteiger partial charge in [0.2, 0.25) is 0 Å². The summed E-state index contributed by atoms with van der Waals surface area (Å²) in [6.45, 7) is 12.3. The number of Topliss-reactive ketones (excluding diaryl/α,β-unsaturated/α-hetero) is 2. The van der Waals surface area contributed by atoms with E-state index in [1.165, 1.54) is 0 Å². The molecule has 0 bridgehead atoms. The summed E-state index contributed by atoms with van der Waals surface area (Å²) < 4.78 is 5.96. The lowest BCUT2D eigenvalue weighted by Gasteiger charge is -2.61. The summed E-state index contributed by atoms with van der Waals surface area (Å²) in [5.41, 5.74) is -3.17. The third kappa shape index (κ3) is 6.84. The van der Waals surface area contributed by atoms with E-state index >= 15 is 0 Å². The number of ether oxygens (including phenoxy) is 1. The first kappa shape index (κ1) is 35.4. The van der Waals surface area contributed by atoms with Gasteiger partial charge in [0, 0.05) is 62.2 Å². The summed E-state index contributed by atoms with van der Waals surface area (Å²) in [6.07, 6.45) is 3.87. The van der Waals surface area contributed by atoms with Crippen LogP contribution in [-0.2, 0) is 28.7 Å². The lowest BCUT2D eigenvalue weighted by Crippen LogP contribution is -2.63.